The predicted octanol–water partition coefficient (Wildman–Crippen LogP) is 4.09. The zero-order chi connectivity index (χ0) is 24.0. The van der Waals surface area contributed by atoms with Gasteiger partial charge in [-0.1, -0.05) is 60.2 Å². The van der Waals surface area contributed by atoms with Crippen molar-refractivity contribution in [2.75, 3.05) is 21.2 Å². The van der Waals surface area contributed by atoms with Crippen LogP contribution in [0.25, 0.3) is 0 Å². The molecule has 1 amide bonds. The Balaban J connectivity index is 1.80. The highest BCUT2D eigenvalue weighted by Crippen LogP contribution is 2.26. The quantitative estimate of drug-likeness (QED) is 0.515. The van der Waals surface area contributed by atoms with E-state index in [0.29, 0.717) is 17.7 Å². The Morgan fingerprint density at radius 3 is 2.21 bits per heavy atom. The topological polar surface area (TPSA) is 75.7 Å². The predicted molar refractivity (Wildman–Crippen MR) is 130 cm³/mol. The first-order valence-corrected chi connectivity index (χ1v) is 12.2. The van der Waals surface area contributed by atoms with E-state index in [1.807, 2.05) is 61.5 Å². The summed E-state index contributed by atoms with van der Waals surface area (Å²) in [5.74, 6) is 0.422. The molecule has 174 valence electrons. The normalized spacial score (nSPS) is 12.4. The van der Waals surface area contributed by atoms with Crippen molar-refractivity contribution in [2.24, 2.45) is 0 Å². The van der Waals surface area contributed by atoms with Crippen molar-refractivity contribution >= 4 is 15.9 Å². The largest absolute Gasteiger partial charge is 0.496 e. The van der Waals surface area contributed by atoms with Crippen LogP contribution in [-0.4, -0.2) is 39.8 Å². The number of amides is 1. The van der Waals surface area contributed by atoms with Crippen LogP contribution in [0.3, 0.4) is 0 Å². The summed E-state index contributed by atoms with van der Waals surface area (Å²) in [5.41, 5.74) is 3.81. The molecule has 0 radical (unpaired) electrons. The third-order valence-electron chi connectivity index (χ3n) is 5.50. The maximum atomic E-state index is 13.0. The van der Waals surface area contributed by atoms with Gasteiger partial charge in [0.05, 0.1) is 18.0 Å². The van der Waals surface area contributed by atoms with Crippen molar-refractivity contribution in [3.05, 3.63) is 95.1 Å². The van der Waals surface area contributed by atoms with Crippen LogP contribution in [0.5, 0.6) is 5.75 Å². The van der Waals surface area contributed by atoms with Gasteiger partial charge in [-0.3, -0.25) is 4.79 Å². The highest BCUT2D eigenvalue weighted by atomic mass is 32.2. The SMILES string of the molecule is COc1ccc(S(=O)(=O)N(C)C)cc1CCC(=O)N[C@@H](c1ccccc1)c1ccc(C)cc1. The lowest BCUT2D eigenvalue weighted by molar-refractivity contribution is -0.121. The molecule has 0 fully saturated rings. The first-order chi connectivity index (χ1) is 15.7. The number of carbonyl (C=O) groups excluding carboxylic acids is 1. The van der Waals surface area contributed by atoms with Crippen molar-refractivity contribution < 1.29 is 17.9 Å². The minimum atomic E-state index is -3.58. The summed E-state index contributed by atoms with van der Waals surface area (Å²) < 4.78 is 31.6. The van der Waals surface area contributed by atoms with E-state index in [0.717, 1.165) is 21.0 Å². The Morgan fingerprint density at radius 2 is 1.61 bits per heavy atom. The molecular weight excluding hydrogens is 436 g/mol. The number of benzene rings is 3. The third kappa shape index (κ3) is 6.00. The Hall–Kier alpha value is -3.16. The van der Waals surface area contributed by atoms with E-state index in [-0.39, 0.29) is 23.3 Å². The molecule has 3 aromatic carbocycles. The van der Waals surface area contributed by atoms with E-state index >= 15 is 0 Å². The van der Waals surface area contributed by atoms with Crippen molar-refractivity contribution in [1.82, 2.24) is 9.62 Å². The zero-order valence-corrected chi connectivity index (χ0v) is 20.2. The summed E-state index contributed by atoms with van der Waals surface area (Å²) in [6.07, 6.45) is 0.540. The number of ether oxygens (including phenoxy) is 1. The number of sulfonamides is 1. The van der Waals surface area contributed by atoms with Gasteiger partial charge in [0.1, 0.15) is 5.75 Å². The minimum Gasteiger partial charge on any atom is -0.496 e. The Bertz CT molecular complexity index is 1190. The van der Waals surface area contributed by atoms with Crippen LogP contribution in [0, 0.1) is 6.92 Å². The van der Waals surface area contributed by atoms with Crippen LogP contribution < -0.4 is 10.1 Å². The first kappa shape index (κ1) is 24.5. The molecule has 0 aliphatic heterocycles. The summed E-state index contributed by atoms with van der Waals surface area (Å²) in [6, 6.07) is 22.4. The van der Waals surface area contributed by atoms with Crippen molar-refractivity contribution in [1.29, 1.82) is 0 Å². The number of hydrogen-bond acceptors (Lipinski definition) is 4. The van der Waals surface area contributed by atoms with E-state index in [1.54, 1.807) is 12.1 Å². The molecule has 0 aliphatic rings. The number of carbonyl (C=O) groups is 1. The second-order valence-electron chi connectivity index (χ2n) is 8.08. The fourth-order valence-electron chi connectivity index (χ4n) is 3.57. The summed E-state index contributed by atoms with van der Waals surface area (Å²) in [4.78, 5) is 13.1. The second-order valence-corrected chi connectivity index (χ2v) is 10.2. The molecule has 0 aliphatic carbocycles. The van der Waals surface area contributed by atoms with Crippen LogP contribution in [0.15, 0.2) is 77.7 Å². The van der Waals surface area contributed by atoms with Crippen LogP contribution >= 0.6 is 0 Å². The van der Waals surface area contributed by atoms with Gasteiger partial charge in [0, 0.05) is 20.5 Å². The average Bonchev–Trinajstić information content (AvgIpc) is 2.82. The molecule has 1 N–H and O–H groups in total. The molecule has 1 atom stereocenters. The van der Waals surface area contributed by atoms with Gasteiger partial charge in [-0.15, -0.1) is 0 Å². The maximum Gasteiger partial charge on any atom is 0.242 e. The van der Waals surface area contributed by atoms with Gasteiger partial charge in [-0.25, -0.2) is 12.7 Å². The van der Waals surface area contributed by atoms with Crippen molar-refractivity contribution in [3.8, 4) is 5.75 Å². The molecular formula is C26H30N2O4S. The van der Waals surface area contributed by atoms with Gasteiger partial charge < -0.3 is 10.1 Å². The summed E-state index contributed by atoms with van der Waals surface area (Å²) in [6.45, 7) is 2.03. The van der Waals surface area contributed by atoms with Gasteiger partial charge in [0.15, 0.2) is 0 Å². The monoisotopic (exact) mass is 466 g/mol. The van der Waals surface area contributed by atoms with Crippen LogP contribution in [0.1, 0.15) is 34.7 Å². The van der Waals surface area contributed by atoms with Gasteiger partial charge in [0.25, 0.3) is 0 Å². The average molecular weight is 467 g/mol. The highest BCUT2D eigenvalue weighted by molar-refractivity contribution is 7.89. The fraction of sp³-hybridized carbons (Fsp3) is 0.269. The molecule has 0 aromatic heterocycles. The van der Waals surface area contributed by atoms with E-state index in [1.165, 1.54) is 27.3 Å². The minimum absolute atomic E-state index is 0.132. The number of hydrogen-bond donors (Lipinski definition) is 1. The summed E-state index contributed by atoms with van der Waals surface area (Å²) >= 11 is 0. The lowest BCUT2D eigenvalue weighted by Crippen LogP contribution is -2.29. The van der Waals surface area contributed by atoms with E-state index < -0.39 is 10.0 Å². The van der Waals surface area contributed by atoms with E-state index in [2.05, 4.69) is 5.32 Å². The maximum absolute atomic E-state index is 13.0. The fourth-order valence-corrected chi connectivity index (χ4v) is 4.52. The van der Waals surface area contributed by atoms with Crippen LogP contribution in [-0.2, 0) is 21.2 Å². The molecule has 3 aromatic rings. The number of nitrogens with zero attached hydrogens (tertiary/aromatic N) is 1. The molecule has 0 saturated heterocycles. The molecule has 0 bridgehead atoms. The Morgan fingerprint density at radius 1 is 0.970 bits per heavy atom. The molecule has 0 spiro atoms. The van der Waals surface area contributed by atoms with Gasteiger partial charge >= 0.3 is 0 Å². The Kier molecular flexibility index (Phi) is 7.89. The molecule has 0 saturated carbocycles. The smallest absolute Gasteiger partial charge is 0.242 e. The number of rotatable bonds is 9. The second kappa shape index (κ2) is 10.6. The zero-order valence-electron chi connectivity index (χ0n) is 19.4. The lowest BCUT2D eigenvalue weighted by atomic mass is 9.97. The molecule has 7 heteroatoms. The molecule has 3 rings (SSSR count). The highest BCUT2D eigenvalue weighted by Gasteiger charge is 2.20. The third-order valence-corrected chi connectivity index (χ3v) is 7.31. The molecule has 6 nitrogen and oxygen atoms in total. The van der Waals surface area contributed by atoms with E-state index in [4.69, 9.17) is 4.74 Å². The number of nitrogens with one attached hydrogen (secondary N) is 1. The standard InChI is InChI=1S/C26H30N2O4S/c1-19-10-12-21(13-11-19)26(20-8-6-5-7-9-20)27-25(29)17-14-22-18-23(15-16-24(22)32-4)33(30,31)28(2)3/h5-13,15-16,18,26H,14,17H2,1-4H3,(H,27,29)/t26-/m0/s1. The van der Waals surface area contributed by atoms with Crippen molar-refractivity contribution in [2.45, 2.75) is 30.7 Å². The summed E-state index contributed by atoms with van der Waals surface area (Å²) in [7, 11) is 0.924. The Labute approximate surface area is 196 Å². The van der Waals surface area contributed by atoms with Crippen LogP contribution in [0.4, 0.5) is 0 Å². The lowest BCUT2D eigenvalue weighted by Gasteiger charge is -2.20. The molecule has 0 unspecified atom stereocenters. The van der Waals surface area contributed by atoms with Gasteiger partial charge in [-0.2, -0.15) is 0 Å². The molecule has 33 heavy (non-hydrogen) atoms. The van der Waals surface area contributed by atoms with Gasteiger partial charge in [-0.05, 0) is 48.2 Å². The van der Waals surface area contributed by atoms with Crippen molar-refractivity contribution in [3.63, 3.8) is 0 Å². The number of aryl methyl sites for hydroxylation is 2. The number of methoxy groups -OCH3 is 1. The molecule has 0 heterocycles. The van der Waals surface area contributed by atoms with Crippen LogP contribution in [0.2, 0.25) is 0 Å². The first-order valence-electron chi connectivity index (χ1n) is 10.7. The van der Waals surface area contributed by atoms with E-state index in [9.17, 15) is 13.2 Å². The summed E-state index contributed by atoms with van der Waals surface area (Å²) in [5, 5.41) is 3.13. The van der Waals surface area contributed by atoms with Gasteiger partial charge in [0.2, 0.25) is 15.9 Å².